The van der Waals surface area contributed by atoms with Crippen molar-refractivity contribution in [3.05, 3.63) is 45.6 Å². The summed E-state index contributed by atoms with van der Waals surface area (Å²) < 4.78 is 5.78. The zero-order chi connectivity index (χ0) is 12.3. The Balaban J connectivity index is 1.99. The van der Waals surface area contributed by atoms with E-state index in [2.05, 4.69) is 22.9 Å². The third-order valence-electron chi connectivity index (χ3n) is 2.66. The van der Waals surface area contributed by atoms with Gasteiger partial charge in [0.25, 0.3) is 0 Å². The van der Waals surface area contributed by atoms with Gasteiger partial charge in [-0.1, -0.05) is 6.07 Å². The van der Waals surface area contributed by atoms with E-state index in [-0.39, 0.29) is 0 Å². The van der Waals surface area contributed by atoms with E-state index in [1.54, 1.807) is 11.3 Å². The van der Waals surface area contributed by atoms with Crippen LogP contribution in [0.3, 0.4) is 0 Å². The maximum atomic E-state index is 5.96. The molecule has 3 heteroatoms. The summed E-state index contributed by atoms with van der Waals surface area (Å²) in [6.07, 6.45) is 0.927. The molecular formula is C14H17NOS. The minimum Gasteiger partial charge on any atom is -0.491 e. The van der Waals surface area contributed by atoms with Crippen molar-refractivity contribution in [2.75, 3.05) is 12.3 Å². The Hall–Kier alpha value is -1.48. The minimum atomic E-state index is 0.671. The van der Waals surface area contributed by atoms with Gasteiger partial charge in [-0.05, 0) is 53.4 Å². The van der Waals surface area contributed by atoms with Crippen molar-refractivity contribution in [1.82, 2.24) is 0 Å². The molecule has 2 aromatic rings. The normalized spacial score (nSPS) is 10.5. The summed E-state index contributed by atoms with van der Waals surface area (Å²) in [7, 11) is 0. The first-order chi connectivity index (χ1) is 8.16. The number of hydrogen-bond donors (Lipinski definition) is 1. The number of nitrogen functional groups attached to an aromatic ring is 1. The molecule has 0 saturated carbocycles. The quantitative estimate of drug-likeness (QED) is 0.838. The highest BCUT2D eigenvalue weighted by Gasteiger charge is 2.05. The van der Waals surface area contributed by atoms with Crippen LogP contribution in [0.2, 0.25) is 0 Å². The van der Waals surface area contributed by atoms with Crippen molar-refractivity contribution in [1.29, 1.82) is 0 Å². The molecule has 0 fully saturated rings. The highest BCUT2D eigenvalue weighted by molar-refractivity contribution is 7.07. The van der Waals surface area contributed by atoms with Gasteiger partial charge in [0.15, 0.2) is 0 Å². The highest BCUT2D eigenvalue weighted by atomic mass is 32.1. The van der Waals surface area contributed by atoms with Crippen molar-refractivity contribution in [2.45, 2.75) is 20.3 Å². The summed E-state index contributed by atoms with van der Waals surface area (Å²) in [5.41, 5.74) is 10.3. The Morgan fingerprint density at radius 1 is 1.29 bits per heavy atom. The molecule has 0 aliphatic rings. The van der Waals surface area contributed by atoms with Crippen molar-refractivity contribution in [3.8, 4) is 5.75 Å². The zero-order valence-corrected chi connectivity index (χ0v) is 11.0. The first-order valence-corrected chi connectivity index (χ1v) is 6.61. The van der Waals surface area contributed by atoms with Gasteiger partial charge >= 0.3 is 0 Å². The number of benzene rings is 1. The second-order valence-corrected chi connectivity index (χ2v) is 5.01. The molecule has 1 aromatic carbocycles. The summed E-state index contributed by atoms with van der Waals surface area (Å²) >= 11 is 1.71. The number of thiophene rings is 1. The molecule has 0 radical (unpaired) electrons. The summed E-state index contributed by atoms with van der Waals surface area (Å²) in [5.74, 6) is 0.825. The van der Waals surface area contributed by atoms with E-state index in [0.29, 0.717) is 6.61 Å². The Morgan fingerprint density at radius 2 is 2.12 bits per heavy atom. The molecule has 2 N–H and O–H groups in total. The fourth-order valence-corrected chi connectivity index (χ4v) is 2.59. The Bertz CT molecular complexity index is 468. The molecule has 0 unspecified atom stereocenters. The van der Waals surface area contributed by atoms with Crippen molar-refractivity contribution >= 4 is 17.0 Å². The molecule has 90 valence electrons. The molecular weight excluding hydrogens is 230 g/mol. The fourth-order valence-electron chi connectivity index (χ4n) is 1.89. The highest BCUT2D eigenvalue weighted by Crippen LogP contribution is 2.27. The summed E-state index contributed by atoms with van der Waals surface area (Å²) in [5, 5.41) is 4.23. The number of aryl methyl sites for hydroxylation is 2. The second kappa shape index (κ2) is 5.23. The number of nitrogens with two attached hydrogens (primary N) is 1. The average molecular weight is 247 g/mol. The third-order valence-corrected chi connectivity index (χ3v) is 3.40. The Labute approximate surface area is 106 Å². The van der Waals surface area contributed by atoms with Gasteiger partial charge in [0.05, 0.1) is 12.3 Å². The SMILES string of the molecule is Cc1cc(C)c(OCCc2ccsc2)c(N)c1. The van der Waals surface area contributed by atoms with Gasteiger partial charge in [-0.25, -0.2) is 0 Å². The van der Waals surface area contributed by atoms with Gasteiger partial charge in [-0.15, -0.1) is 0 Å². The van der Waals surface area contributed by atoms with Crippen molar-refractivity contribution < 1.29 is 4.74 Å². The molecule has 0 bridgehead atoms. The van der Waals surface area contributed by atoms with E-state index >= 15 is 0 Å². The summed E-state index contributed by atoms with van der Waals surface area (Å²) in [6.45, 7) is 4.74. The Morgan fingerprint density at radius 3 is 2.76 bits per heavy atom. The van der Waals surface area contributed by atoms with Crippen molar-refractivity contribution in [2.24, 2.45) is 0 Å². The van der Waals surface area contributed by atoms with Crippen LogP contribution in [-0.4, -0.2) is 6.61 Å². The molecule has 0 aliphatic heterocycles. The standard InChI is InChI=1S/C14H17NOS/c1-10-7-11(2)14(13(15)8-10)16-5-3-12-4-6-17-9-12/h4,6-9H,3,5,15H2,1-2H3. The number of ether oxygens (including phenoxy) is 1. The lowest BCUT2D eigenvalue weighted by atomic mass is 10.1. The molecule has 17 heavy (non-hydrogen) atoms. The smallest absolute Gasteiger partial charge is 0.145 e. The average Bonchev–Trinajstić information content (AvgIpc) is 2.74. The second-order valence-electron chi connectivity index (χ2n) is 4.23. The zero-order valence-electron chi connectivity index (χ0n) is 10.2. The van der Waals surface area contributed by atoms with Crippen LogP contribution in [0.4, 0.5) is 5.69 Å². The van der Waals surface area contributed by atoms with E-state index in [9.17, 15) is 0 Å². The van der Waals surface area contributed by atoms with E-state index in [4.69, 9.17) is 10.5 Å². The van der Waals surface area contributed by atoms with Gasteiger partial charge in [0.1, 0.15) is 5.75 Å². The van der Waals surface area contributed by atoms with Crippen molar-refractivity contribution in [3.63, 3.8) is 0 Å². The number of anilines is 1. The molecule has 0 spiro atoms. The van der Waals surface area contributed by atoms with Gasteiger partial charge in [-0.2, -0.15) is 11.3 Å². The van der Waals surface area contributed by atoms with Crippen LogP contribution in [0.25, 0.3) is 0 Å². The lowest BCUT2D eigenvalue weighted by molar-refractivity contribution is 0.321. The minimum absolute atomic E-state index is 0.671. The predicted octanol–water partition coefficient (Wildman–Crippen LogP) is 3.57. The van der Waals surface area contributed by atoms with Gasteiger partial charge < -0.3 is 10.5 Å². The topological polar surface area (TPSA) is 35.2 Å². The maximum absolute atomic E-state index is 5.96. The first kappa shape index (κ1) is 12.0. The number of hydrogen-bond acceptors (Lipinski definition) is 3. The monoisotopic (exact) mass is 247 g/mol. The van der Waals surface area contributed by atoms with Gasteiger partial charge in [-0.3, -0.25) is 0 Å². The molecule has 0 saturated heterocycles. The largest absolute Gasteiger partial charge is 0.491 e. The predicted molar refractivity (Wildman–Crippen MR) is 73.8 cm³/mol. The van der Waals surface area contributed by atoms with Crippen LogP contribution in [0.1, 0.15) is 16.7 Å². The van der Waals surface area contributed by atoms with Crippen LogP contribution < -0.4 is 10.5 Å². The molecule has 1 heterocycles. The van der Waals surface area contributed by atoms with Crippen LogP contribution in [0, 0.1) is 13.8 Å². The van der Waals surface area contributed by atoms with Crippen LogP contribution in [0.5, 0.6) is 5.75 Å². The van der Waals surface area contributed by atoms with Gasteiger partial charge in [0.2, 0.25) is 0 Å². The number of rotatable bonds is 4. The van der Waals surface area contributed by atoms with Crippen LogP contribution >= 0.6 is 11.3 Å². The third kappa shape index (κ3) is 3.01. The molecule has 0 aliphatic carbocycles. The van der Waals surface area contributed by atoms with E-state index in [0.717, 1.165) is 23.4 Å². The molecule has 0 amide bonds. The lowest BCUT2D eigenvalue weighted by Gasteiger charge is -2.12. The van der Waals surface area contributed by atoms with E-state index in [1.165, 1.54) is 11.1 Å². The Kier molecular flexibility index (Phi) is 3.69. The molecule has 2 rings (SSSR count). The van der Waals surface area contributed by atoms with Crippen LogP contribution in [-0.2, 0) is 6.42 Å². The maximum Gasteiger partial charge on any atom is 0.145 e. The lowest BCUT2D eigenvalue weighted by Crippen LogP contribution is -2.04. The fraction of sp³-hybridized carbons (Fsp3) is 0.286. The molecule has 1 aromatic heterocycles. The first-order valence-electron chi connectivity index (χ1n) is 5.67. The molecule has 0 atom stereocenters. The van der Waals surface area contributed by atoms with E-state index in [1.807, 2.05) is 19.9 Å². The van der Waals surface area contributed by atoms with Gasteiger partial charge in [0, 0.05) is 6.42 Å². The summed E-state index contributed by atoms with van der Waals surface area (Å²) in [4.78, 5) is 0. The van der Waals surface area contributed by atoms with Crippen LogP contribution in [0.15, 0.2) is 29.0 Å². The molecule has 2 nitrogen and oxygen atoms in total. The summed E-state index contributed by atoms with van der Waals surface area (Å²) in [6, 6.07) is 6.17. The van der Waals surface area contributed by atoms with E-state index < -0.39 is 0 Å².